The van der Waals surface area contributed by atoms with E-state index in [4.69, 9.17) is 0 Å². The lowest BCUT2D eigenvalue weighted by molar-refractivity contribution is 0.962. The molecule has 0 aliphatic heterocycles. The van der Waals surface area contributed by atoms with Gasteiger partial charge in [0.2, 0.25) is 0 Å². The molecular formula is C12H12. The lowest BCUT2D eigenvalue weighted by Crippen LogP contribution is -1.85. The minimum Gasteiger partial charge on any atom is -0.0621 e. The molecule has 0 heterocycles. The fourth-order valence-corrected chi connectivity index (χ4v) is 2.02. The van der Waals surface area contributed by atoms with Crippen LogP contribution in [0.2, 0.25) is 0 Å². The van der Waals surface area contributed by atoms with Gasteiger partial charge in [0.25, 0.3) is 0 Å². The Morgan fingerprint density at radius 2 is 1.92 bits per heavy atom. The average molecular weight is 156 g/mol. The van der Waals surface area contributed by atoms with Gasteiger partial charge in [-0.3, -0.25) is 0 Å². The van der Waals surface area contributed by atoms with Crippen LogP contribution in [-0.2, 0) is 6.42 Å². The average Bonchev–Trinajstić information content (AvgIpc) is 2.85. The molecular weight excluding hydrogens is 144 g/mol. The van der Waals surface area contributed by atoms with Crippen LogP contribution in [0.4, 0.5) is 0 Å². The van der Waals surface area contributed by atoms with Gasteiger partial charge in [-0.2, -0.15) is 0 Å². The molecule has 2 aliphatic rings. The van der Waals surface area contributed by atoms with Crippen molar-refractivity contribution in [3.8, 4) is 0 Å². The highest BCUT2D eigenvalue weighted by Gasteiger charge is 2.28. The highest BCUT2D eigenvalue weighted by atomic mass is 14.3. The molecule has 2 aliphatic carbocycles. The zero-order valence-electron chi connectivity index (χ0n) is 7.09. The number of fused-ring (bicyclic) bond motifs is 1. The highest BCUT2D eigenvalue weighted by Crippen LogP contribution is 2.42. The molecule has 0 aromatic heterocycles. The minimum absolute atomic E-state index is 0.942. The Morgan fingerprint density at radius 3 is 2.67 bits per heavy atom. The predicted octanol–water partition coefficient (Wildman–Crippen LogP) is 3.04. The molecule has 0 nitrogen and oxygen atoms in total. The summed E-state index contributed by atoms with van der Waals surface area (Å²) in [5.41, 5.74) is 4.66. The molecule has 0 amide bonds. The summed E-state index contributed by atoms with van der Waals surface area (Å²) in [6.07, 6.45) is 6.48. The molecule has 0 N–H and O–H groups in total. The molecule has 0 radical (unpaired) electrons. The van der Waals surface area contributed by atoms with Crippen LogP contribution in [0.3, 0.4) is 0 Å². The number of allylic oxidation sites excluding steroid dienone is 1. The summed E-state index contributed by atoms with van der Waals surface area (Å²) in [4.78, 5) is 0. The Kier molecular flexibility index (Phi) is 1.20. The summed E-state index contributed by atoms with van der Waals surface area (Å²) in [6.45, 7) is 0. The second-order valence-electron chi connectivity index (χ2n) is 3.87. The number of rotatable bonds is 1. The Morgan fingerprint density at radius 1 is 1.08 bits per heavy atom. The van der Waals surface area contributed by atoms with E-state index in [2.05, 4.69) is 30.3 Å². The minimum atomic E-state index is 0.942. The fourth-order valence-electron chi connectivity index (χ4n) is 2.02. The van der Waals surface area contributed by atoms with E-state index in [1.807, 2.05) is 0 Å². The van der Waals surface area contributed by atoms with Gasteiger partial charge in [0.15, 0.2) is 0 Å². The third kappa shape index (κ3) is 0.911. The molecule has 1 saturated carbocycles. The smallest absolute Gasteiger partial charge is 0.00551 e. The van der Waals surface area contributed by atoms with E-state index >= 15 is 0 Å². The summed E-state index contributed by atoms with van der Waals surface area (Å²) in [7, 11) is 0. The molecule has 60 valence electrons. The van der Waals surface area contributed by atoms with Crippen molar-refractivity contribution in [1.82, 2.24) is 0 Å². The molecule has 0 atom stereocenters. The quantitative estimate of drug-likeness (QED) is 0.586. The van der Waals surface area contributed by atoms with Crippen LogP contribution in [0.5, 0.6) is 0 Å². The van der Waals surface area contributed by atoms with Gasteiger partial charge in [-0.15, -0.1) is 0 Å². The first kappa shape index (κ1) is 6.47. The molecule has 0 unspecified atom stereocenters. The van der Waals surface area contributed by atoms with E-state index in [1.165, 1.54) is 30.4 Å². The maximum Gasteiger partial charge on any atom is -0.00551 e. The van der Waals surface area contributed by atoms with Crippen molar-refractivity contribution in [3.05, 3.63) is 41.0 Å². The molecule has 0 bridgehead atoms. The van der Waals surface area contributed by atoms with Crippen LogP contribution >= 0.6 is 0 Å². The van der Waals surface area contributed by atoms with Crippen LogP contribution in [0, 0.1) is 5.92 Å². The topological polar surface area (TPSA) is 0 Å². The Hall–Kier alpha value is -1.04. The third-order valence-corrected chi connectivity index (χ3v) is 2.89. The van der Waals surface area contributed by atoms with Crippen molar-refractivity contribution in [2.75, 3.05) is 0 Å². The highest BCUT2D eigenvalue weighted by molar-refractivity contribution is 5.64. The normalized spacial score (nSPS) is 20.5. The summed E-state index contributed by atoms with van der Waals surface area (Å²) < 4.78 is 0. The molecule has 12 heavy (non-hydrogen) atoms. The molecule has 1 aromatic carbocycles. The van der Waals surface area contributed by atoms with Crippen molar-refractivity contribution in [3.63, 3.8) is 0 Å². The van der Waals surface area contributed by atoms with Crippen LogP contribution in [-0.4, -0.2) is 0 Å². The standard InChI is InChI=1S/C12H12/c1-2-4-11-8-12(9-5-6-9)7-10(11)3-1/h1-4,7,9H,5-6,8H2. The number of benzene rings is 1. The van der Waals surface area contributed by atoms with E-state index in [0.717, 1.165) is 5.92 Å². The zero-order valence-corrected chi connectivity index (χ0v) is 7.09. The van der Waals surface area contributed by atoms with Crippen molar-refractivity contribution >= 4 is 6.08 Å². The lowest BCUT2D eigenvalue weighted by Gasteiger charge is -1.96. The molecule has 0 heteroatoms. The van der Waals surface area contributed by atoms with E-state index in [-0.39, 0.29) is 0 Å². The summed E-state index contributed by atoms with van der Waals surface area (Å²) in [6, 6.07) is 8.75. The Labute approximate surface area is 72.9 Å². The molecule has 1 fully saturated rings. The molecule has 1 aromatic rings. The van der Waals surface area contributed by atoms with Crippen molar-refractivity contribution in [1.29, 1.82) is 0 Å². The Balaban J connectivity index is 2.00. The maximum absolute atomic E-state index is 2.40. The SMILES string of the molecule is C1=C(C2CC2)Cc2ccccc21. The largest absolute Gasteiger partial charge is 0.0621 e. The monoisotopic (exact) mass is 156 g/mol. The van der Waals surface area contributed by atoms with Gasteiger partial charge < -0.3 is 0 Å². The first-order valence-corrected chi connectivity index (χ1v) is 4.72. The van der Waals surface area contributed by atoms with Gasteiger partial charge in [-0.25, -0.2) is 0 Å². The van der Waals surface area contributed by atoms with Gasteiger partial charge in [-0.05, 0) is 36.3 Å². The second-order valence-corrected chi connectivity index (χ2v) is 3.87. The van der Waals surface area contributed by atoms with Crippen LogP contribution in [0.15, 0.2) is 29.8 Å². The van der Waals surface area contributed by atoms with E-state index in [0.29, 0.717) is 0 Å². The van der Waals surface area contributed by atoms with E-state index in [9.17, 15) is 0 Å². The summed E-state index contributed by atoms with van der Waals surface area (Å²) in [5, 5.41) is 0. The van der Waals surface area contributed by atoms with E-state index in [1.54, 1.807) is 5.57 Å². The number of hydrogen-bond acceptors (Lipinski definition) is 0. The van der Waals surface area contributed by atoms with Crippen LogP contribution < -0.4 is 0 Å². The first-order chi connectivity index (χ1) is 5.93. The predicted molar refractivity (Wildman–Crippen MR) is 50.8 cm³/mol. The van der Waals surface area contributed by atoms with Gasteiger partial charge in [0, 0.05) is 0 Å². The number of hydrogen-bond donors (Lipinski definition) is 0. The maximum atomic E-state index is 2.40. The third-order valence-electron chi connectivity index (χ3n) is 2.89. The van der Waals surface area contributed by atoms with E-state index < -0.39 is 0 Å². The van der Waals surface area contributed by atoms with Crippen molar-refractivity contribution in [2.24, 2.45) is 5.92 Å². The Bertz CT molecular complexity index is 343. The first-order valence-electron chi connectivity index (χ1n) is 4.72. The van der Waals surface area contributed by atoms with Gasteiger partial charge in [-0.1, -0.05) is 35.9 Å². The second kappa shape index (κ2) is 2.22. The van der Waals surface area contributed by atoms with Crippen LogP contribution in [0.1, 0.15) is 24.0 Å². The fraction of sp³-hybridized carbons (Fsp3) is 0.333. The lowest BCUT2D eigenvalue weighted by atomic mass is 10.1. The van der Waals surface area contributed by atoms with Gasteiger partial charge in [0.05, 0.1) is 0 Å². The zero-order chi connectivity index (χ0) is 7.97. The van der Waals surface area contributed by atoms with Crippen LogP contribution in [0.25, 0.3) is 6.08 Å². The summed E-state index contributed by atoms with van der Waals surface area (Å²) in [5.74, 6) is 0.942. The molecule has 0 spiro atoms. The summed E-state index contributed by atoms with van der Waals surface area (Å²) >= 11 is 0. The van der Waals surface area contributed by atoms with Crippen molar-refractivity contribution < 1.29 is 0 Å². The van der Waals surface area contributed by atoms with Gasteiger partial charge >= 0.3 is 0 Å². The molecule has 0 saturated heterocycles. The molecule has 3 rings (SSSR count). The van der Waals surface area contributed by atoms with Crippen molar-refractivity contribution in [2.45, 2.75) is 19.3 Å². The van der Waals surface area contributed by atoms with Gasteiger partial charge in [0.1, 0.15) is 0 Å².